The Morgan fingerprint density at radius 1 is 1.33 bits per heavy atom. The number of carboxylic acid groups (broad SMARTS) is 1. The van der Waals surface area contributed by atoms with Crippen LogP contribution in [0.25, 0.3) is 11.3 Å². The molecule has 0 spiro atoms. The van der Waals surface area contributed by atoms with Crippen molar-refractivity contribution in [2.24, 2.45) is 0 Å². The number of methoxy groups -OCH3 is 1. The van der Waals surface area contributed by atoms with Crippen LogP contribution in [0.2, 0.25) is 0 Å². The molecule has 2 rings (SSSR count). The van der Waals surface area contributed by atoms with E-state index in [1.165, 1.54) is 4.90 Å². The van der Waals surface area contributed by atoms with Crippen molar-refractivity contribution < 1.29 is 19.4 Å². The summed E-state index contributed by atoms with van der Waals surface area (Å²) in [5.41, 5.74) is 1.71. The van der Waals surface area contributed by atoms with E-state index in [0.717, 1.165) is 11.3 Å². The van der Waals surface area contributed by atoms with Gasteiger partial charge in [-0.3, -0.25) is 14.7 Å². The van der Waals surface area contributed by atoms with E-state index in [-0.39, 0.29) is 24.2 Å². The second-order valence-corrected chi connectivity index (χ2v) is 5.48. The molecule has 0 aliphatic rings. The topological polar surface area (TPSA) is 95.5 Å². The number of rotatable bonds is 7. The molecule has 0 saturated heterocycles. The van der Waals surface area contributed by atoms with Gasteiger partial charge in [0, 0.05) is 11.6 Å². The molecule has 0 fully saturated rings. The Morgan fingerprint density at radius 2 is 2.00 bits per heavy atom. The summed E-state index contributed by atoms with van der Waals surface area (Å²) >= 11 is 0. The van der Waals surface area contributed by atoms with Gasteiger partial charge in [0.25, 0.3) is 5.91 Å². The van der Waals surface area contributed by atoms with Crippen molar-refractivity contribution in [3.05, 3.63) is 36.0 Å². The first-order valence-corrected chi connectivity index (χ1v) is 7.68. The van der Waals surface area contributed by atoms with E-state index in [2.05, 4.69) is 10.2 Å². The highest BCUT2D eigenvalue weighted by atomic mass is 16.5. The van der Waals surface area contributed by atoms with E-state index in [9.17, 15) is 9.59 Å². The van der Waals surface area contributed by atoms with Gasteiger partial charge < -0.3 is 14.7 Å². The Bertz CT molecular complexity index is 709. The Labute approximate surface area is 140 Å². The number of amides is 1. The van der Waals surface area contributed by atoms with E-state index in [1.807, 2.05) is 26.0 Å². The molecular weight excluding hydrogens is 310 g/mol. The van der Waals surface area contributed by atoms with Gasteiger partial charge in [-0.25, -0.2) is 0 Å². The molecule has 0 aliphatic heterocycles. The van der Waals surface area contributed by atoms with Crippen molar-refractivity contribution in [3.63, 3.8) is 0 Å². The lowest BCUT2D eigenvalue weighted by molar-refractivity contribution is -0.138. The lowest BCUT2D eigenvalue weighted by atomic mass is 10.1. The number of hydrogen-bond donors (Lipinski definition) is 2. The van der Waals surface area contributed by atoms with Crippen molar-refractivity contribution in [3.8, 4) is 17.0 Å². The molecule has 7 nitrogen and oxygen atoms in total. The number of benzene rings is 1. The number of H-pyrrole nitrogens is 1. The minimum absolute atomic E-state index is 0.179. The van der Waals surface area contributed by atoms with Crippen LogP contribution in [0.3, 0.4) is 0 Å². The van der Waals surface area contributed by atoms with Gasteiger partial charge in [-0.15, -0.1) is 0 Å². The fourth-order valence-electron chi connectivity index (χ4n) is 2.29. The molecule has 0 radical (unpaired) electrons. The van der Waals surface area contributed by atoms with Gasteiger partial charge >= 0.3 is 5.97 Å². The normalized spacial score (nSPS) is 11.8. The van der Waals surface area contributed by atoms with Crippen molar-refractivity contribution in [2.75, 3.05) is 13.7 Å². The third-order valence-corrected chi connectivity index (χ3v) is 3.88. The molecule has 7 heteroatoms. The molecule has 2 aromatic rings. The van der Waals surface area contributed by atoms with E-state index in [4.69, 9.17) is 9.84 Å². The summed E-state index contributed by atoms with van der Waals surface area (Å²) in [7, 11) is 1.59. The zero-order valence-electron chi connectivity index (χ0n) is 13.9. The number of carbonyl (C=O) groups is 2. The zero-order chi connectivity index (χ0) is 17.7. The molecule has 1 aromatic carbocycles. The predicted octanol–water partition coefficient (Wildman–Crippen LogP) is 2.41. The van der Waals surface area contributed by atoms with Crippen LogP contribution in [0, 0.1) is 0 Å². The SMILES string of the molecule is CCC(C)N(CC(=O)O)C(=O)c1cc(-c2ccc(OC)cc2)n[nH]1. The second kappa shape index (κ2) is 7.63. The summed E-state index contributed by atoms with van der Waals surface area (Å²) in [6.07, 6.45) is 0.665. The molecule has 1 heterocycles. The predicted molar refractivity (Wildman–Crippen MR) is 89.0 cm³/mol. The van der Waals surface area contributed by atoms with Crippen molar-refractivity contribution >= 4 is 11.9 Å². The quantitative estimate of drug-likeness (QED) is 0.812. The number of carbonyl (C=O) groups excluding carboxylic acids is 1. The Morgan fingerprint density at radius 3 is 2.54 bits per heavy atom. The summed E-state index contributed by atoms with van der Waals surface area (Å²) < 4.78 is 5.11. The molecule has 1 amide bonds. The van der Waals surface area contributed by atoms with Crippen LogP contribution >= 0.6 is 0 Å². The standard InChI is InChI=1S/C17H21N3O4/c1-4-11(2)20(10-16(21)22)17(23)15-9-14(18-19-15)12-5-7-13(24-3)8-6-12/h5-9,11H,4,10H2,1-3H3,(H,18,19)(H,21,22). The molecule has 128 valence electrons. The van der Waals surface area contributed by atoms with Gasteiger partial charge in [0.1, 0.15) is 18.0 Å². The summed E-state index contributed by atoms with van der Waals surface area (Å²) in [5.74, 6) is -0.687. The first-order valence-electron chi connectivity index (χ1n) is 7.68. The van der Waals surface area contributed by atoms with Gasteiger partial charge in [0.2, 0.25) is 0 Å². The lowest BCUT2D eigenvalue weighted by Gasteiger charge is -2.26. The van der Waals surface area contributed by atoms with Crippen LogP contribution < -0.4 is 4.74 Å². The maximum absolute atomic E-state index is 12.6. The molecule has 1 unspecified atom stereocenters. The molecule has 24 heavy (non-hydrogen) atoms. The van der Waals surface area contributed by atoms with Crippen molar-refractivity contribution in [2.45, 2.75) is 26.3 Å². The minimum atomic E-state index is -1.04. The monoisotopic (exact) mass is 331 g/mol. The van der Waals surface area contributed by atoms with Crippen molar-refractivity contribution in [1.82, 2.24) is 15.1 Å². The van der Waals surface area contributed by atoms with Crippen LogP contribution in [-0.2, 0) is 4.79 Å². The molecule has 0 bridgehead atoms. The number of aromatic amines is 1. The van der Waals surface area contributed by atoms with Crippen LogP contribution in [0.1, 0.15) is 30.8 Å². The van der Waals surface area contributed by atoms with Crippen LogP contribution in [0.5, 0.6) is 5.75 Å². The van der Waals surface area contributed by atoms with Gasteiger partial charge in [-0.05, 0) is 43.7 Å². The van der Waals surface area contributed by atoms with Crippen LogP contribution in [0.4, 0.5) is 0 Å². The zero-order valence-corrected chi connectivity index (χ0v) is 13.9. The smallest absolute Gasteiger partial charge is 0.323 e. The highest BCUT2D eigenvalue weighted by molar-refractivity contribution is 5.95. The fraction of sp³-hybridized carbons (Fsp3) is 0.353. The van der Waals surface area contributed by atoms with Gasteiger partial charge in [-0.2, -0.15) is 5.10 Å². The van der Waals surface area contributed by atoms with E-state index in [1.54, 1.807) is 25.3 Å². The average molecular weight is 331 g/mol. The molecule has 0 saturated carbocycles. The summed E-state index contributed by atoms with van der Waals surface area (Å²) in [6, 6.07) is 8.74. The number of ether oxygens (including phenoxy) is 1. The number of hydrogen-bond acceptors (Lipinski definition) is 4. The molecule has 1 atom stereocenters. The van der Waals surface area contributed by atoms with E-state index in [0.29, 0.717) is 12.1 Å². The molecule has 1 aromatic heterocycles. The van der Waals surface area contributed by atoms with Crippen LogP contribution in [-0.4, -0.2) is 51.8 Å². The third-order valence-electron chi connectivity index (χ3n) is 3.88. The number of nitrogens with zero attached hydrogens (tertiary/aromatic N) is 2. The van der Waals surface area contributed by atoms with Gasteiger partial charge in [-0.1, -0.05) is 6.92 Å². The Balaban J connectivity index is 2.23. The second-order valence-electron chi connectivity index (χ2n) is 5.48. The summed E-state index contributed by atoms with van der Waals surface area (Å²) in [5, 5.41) is 15.9. The fourth-order valence-corrected chi connectivity index (χ4v) is 2.29. The maximum atomic E-state index is 12.6. The molecule has 0 aliphatic carbocycles. The number of carboxylic acids is 1. The first kappa shape index (κ1) is 17.5. The maximum Gasteiger partial charge on any atom is 0.323 e. The average Bonchev–Trinajstić information content (AvgIpc) is 3.08. The molecular formula is C17H21N3O4. The van der Waals surface area contributed by atoms with E-state index >= 15 is 0 Å². The van der Waals surface area contributed by atoms with Crippen LogP contribution in [0.15, 0.2) is 30.3 Å². The summed E-state index contributed by atoms with van der Waals surface area (Å²) in [6.45, 7) is 3.38. The Kier molecular flexibility index (Phi) is 5.57. The number of aliphatic carboxylic acids is 1. The number of nitrogens with one attached hydrogen (secondary N) is 1. The Hall–Kier alpha value is -2.83. The van der Waals surface area contributed by atoms with Gasteiger partial charge in [0.05, 0.1) is 12.8 Å². The number of aromatic nitrogens is 2. The lowest BCUT2D eigenvalue weighted by Crippen LogP contribution is -2.42. The highest BCUT2D eigenvalue weighted by Crippen LogP contribution is 2.22. The molecule has 2 N–H and O–H groups in total. The highest BCUT2D eigenvalue weighted by Gasteiger charge is 2.24. The first-order chi connectivity index (χ1) is 11.5. The van der Waals surface area contributed by atoms with E-state index < -0.39 is 5.97 Å². The van der Waals surface area contributed by atoms with Crippen molar-refractivity contribution in [1.29, 1.82) is 0 Å². The summed E-state index contributed by atoms with van der Waals surface area (Å²) in [4.78, 5) is 24.9. The minimum Gasteiger partial charge on any atom is -0.497 e. The largest absolute Gasteiger partial charge is 0.497 e. The van der Waals surface area contributed by atoms with Gasteiger partial charge in [0.15, 0.2) is 0 Å². The third kappa shape index (κ3) is 3.92.